The van der Waals surface area contributed by atoms with Crippen molar-refractivity contribution in [1.82, 2.24) is 0 Å². The monoisotopic (exact) mass is 436 g/mol. The highest BCUT2D eigenvalue weighted by atomic mass is 14.0. The molecule has 0 aliphatic heterocycles. The van der Waals surface area contributed by atoms with E-state index in [0.717, 1.165) is 11.1 Å². The predicted octanol–water partition coefficient (Wildman–Crippen LogP) is 9.14. The summed E-state index contributed by atoms with van der Waals surface area (Å²) in [7, 11) is 0. The third-order valence-corrected chi connectivity index (χ3v) is 5.35. The summed E-state index contributed by atoms with van der Waals surface area (Å²) in [5.41, 5.74) is 6.95. The molecule has 0 saturated heterocycles. The summed E-state index contributed by atoms with van der Waals surface area (Å²) in [4.78, 5) is 0. The van der Waals surface area contributed by atoms with Gasteiger partial charge in [0.05, 0.1) is 0 Å². The third kappa shape index (κ3) is 7.32. The van der Waals surface area contributed by atoms with Gasteiger partial charge in [-0.3, -0.25) is 0 Å². The molecule has 0 amide bonds. The molecule has 4 aromatic carbocycles. The summed E-state index contributed by atoms with van der Waals surface area (Å²) >= 11 is 0. The highest BCUT2D eigenvalue weighted by Crippen LogP contribution is 2.19. The summed E-state index contributed by atoms with van der Waals surface area (Å²) in [6, 6.07) is 41.6. The van der Waals surface area contributed by atoms with Crippen LogP contribution >= 0.6 is 0 Å². The van der Waals surface area contributed by atoms with Crippen LogP contribution in [0.3, 0.4) is 0 Å². The Morgan fingerprint density at radius 1 is 0.294 bits per heavy atom. The molecule has 0 aliphatic rings. The van der Waals surface area contributed by atoms with Gasteiger partial charge in [-0.05, 0) is 33.4 Å². The van der Waals surface area contributed by atoms with Gasteiger partial charge in [-0.2, -0.15) is 0 Å². The molecule has 0 N–H and O–H groups in total. The van der Waals surface area contributed by atoms with Crippen LogP contribution in [0.25, 0.3) is 24.3 Å². The van der Waals surface area contributed by atoms with Crippen molar-refractivity contribution in [2.45, 2.75) is 0 Å². The van der Waals surface area contributed by atoms with Crippen molar-refractivity contribution in [3.8, 4) is 0 Å². The quantitative estimate of drug-likeness (QED) is 0.242. The van der Waals surface area contributed by atoms with E-state index < -0.39 is 0 Å². The van der Waals surface area contributed by atoms with Gasteiger partial charge in [0.15, 0.2) is 0 Å². The number of hydrogen-bond acceptors (Lipinski definition) is 0. The topological polar surface area (TPSA) is 0 Å². The van der Waals surface area contributed by atoms with Gasteiger partial charge in [0.1, 0.15) is 0 Å². The summed E-state index contributed by atoms with van der Waals surface area (Å²) < 4.78 is 0. The van der Waals surface area contributed by atoms with E-state index in [1.54, 1.807) is 0 Å². The molecule has 0 aromatic heterocycles. The fourth-order valence-corrected chi connectivity index (χ4v) is 3.50. The lowest BCUT2D eigenvalue weighted by atomic mass is 10.0. The van der Waals surface area contributed by atoms with Crippen molar-refractivity contribution in [2.24, 2.45) is 0 Å². The van der Waals surface area contributed by atoms with Gasteiger partial charge in [-0.15, -0.1) is 0 Å². The first-order valence-electron chi connectivity index (χ1n) is 11.5. The first kappa shape index (κ1) is 22.8. The largest absolute Gasteiger partial charge is 0.0622 e. The Labute approximate surface area is 203 Å². The van der Waals surface area contributed by atoms with E-state index in [1.807, 2.05) is 24.3 Å². The second kappa shape index (κ2) is 12.6. The van der Waals surface area contributed by atoms with Crippen LogP contribution in [0, 0.1) is 0 Å². The van der Waals surface area contributed by atoms with Crippen molar-refractivity contribution in [2.75, 3.05) is 0 Å². The second-order valence-corrected chi connectivity index (χ2v) is 7.89. The van der Waals surface area contributed by atoms with Crippen molar-refractivity contribution in [1.29, 1.82) is 0 Å². The highest BCUT2D eigenvalue weighted by molar-refractivity contribution is 5.68. The lowest BCUT2D eigenvalue weighted by Gasteiger charge is -2.04. The van der Waals surface area contributed by atoms with Crippen molar-refractivity contribution >= 4 is 24.3 Å². The smallest absolute Gasteiger partial charge is 0.0184 e. The molecule has 0 saturated carbocycles. The standard InChI is InChI=1S/C34H28/c1-5-13-29(14-6-1)21-25-33(26-22-30-15-7-2-8-16-30)34(27-23-31-17-9-3-10-18-31)28-24-32-19-11-4-12-20-32/h1-28H/b25-21+,26-22+,27-23+,28-24+. The zero-order valence-corrected chi connectivity index (χ0v) is 19.2. The van der Waals surface area contributed by atoms with Crippen LogP contribution in [0.15, 0.2) is 157 Å². The minimum absolute atomic E-state index is 1.13. The maximum Gasteiger partial charge on any atom is -0.0184 e. The van der Waals surface area contributed by atoms with E-state index in [9.17, 15) is 0 Å². The fourth-order valence-electron chi connectivity index (χ4n) is 3.50. The zero-order valence-electron chi connectivity index (χ0n) is 19.2. The Morgan fingerprint density at radius 3 is 0.706 bits per heavy atom. The summed E-state index contributed by atoms with van der Waals surface area (Å²) in [6.45, 7) is 0. The van der Waals surface area contributed by atoms with Gasteiger partial charge in [0.2, 0.25) is 0 Å². The molecule has 0 unspecified atom stereocenters. The predicted molar refractivity (Wildman–Crippen MR) is 149 cm³/mol. The van der Waals surface area contributed by atoms with Gasteiger partial charge in [-0.25, -0.2) is 0 Å². The second-order valence-electron chi connectivity index (χ2n) is 7.89. The van der Waals surface area contributed by atoms with Gasteiger partial charge in [0, 0.05) is 0 Å². The average molecular weight is 437 g/mol. The maximum atomic E-state index is 2.19. The SMILES string of the molecule is C(=C\c1ccccc1)/C(/C=C/c1ccccc1)=C(/C=C/c1ccccc1)/C=C/c1ccccc1. The number of hydrogen-bond donors (Lipinski definition) is 0. The molecule has 164 valence electrons. The van der Waals surface area contributed by atoms with Gasteiger partial charge >= 0.3 is 0 Å². The van der Waals surface area contributed by atoms with Crippen LogP contribution in [0.4, 0.5) is 0 Å². The Bertz CT molecular complexity index is 1080. The van der Waals surface area contributed by atoms with Crippen molar-refractivity contribution in [3.63, 3.8) is 0 Å². The van der Waals surface area contributed by atoms with E-state index in [4.69, 9.17) is 0 Å². The fraction of sp³-hybridized carbons (Fsp3) is 0. The molecule has 4 aromatic rings. The third-order valence-electron chi connectivity index (χ3n) is 5.35. The Kier molecular flexibility index (Phi) is 8.42. The molecular formula is C34H28. The first-order valence-corrected chi connectivity index (χ1v) is 11.5. The average Bonchev–Trinajstić information content (AvgIpc) is 2.91. The Balaban J connectivity index is 1.78. The van der Waals surface area contributed by atoms with Crippen LogP contribution < -0.4 is 0 Å². The molecule has 34 heavy (non-hydrogen) atoms. The Hall–Kier alpha value is -4.42. The summed E-state index contributed by atoms with van der Waals surface area (Å²) in [5, 5.41) is 0. The van der Waals surface area contributed by atoms with Gasteiger partial charge < -0.3 is 0 Å². The van der Waals surface area contributed by atoms with Crippen LogP contribution in [-0.2, 0) is 0 Å². The first-order chi connectivity index (χ1) is 16.9. The van der Waals surface area contributed by atoms with E-state index in [-0.39, 0.29) is 0 Å². The minimum Gasteiger partial charge on any atom is -0.0622 e. The molecule has 0 spiro atoms. The van der Waals surface area contributed by atoms with Crippen LogP contribution in [-0.4, -0.2) is 0 Å². The van der Waals surface area contributed by atoms with E-state index >= 15 is 0 Å². The molecule has 0 bridgehead atoms. The molecule has 0 fully saturated rings. The van der Waals surface area contributed by atoms with E-state index in [2.05, 4.69) is 146 Å². The maximum absolute atomic E-state index is 2.19. The van der Waals surface area contributed by atoms with Crippen molar-refractivity contribution in [3.05, 3.63) is 179 Å². The number of allylic oxidation sites excluding steroid dienone is 6. The normalized spacial score (nSPS) is 11.6. The van der Waals surface area contributed by atoms with Crippen LogP contribution in [0.2, 0.25) is 0 Å². The number of benzene rings is 4. The molecule has 0 heterocycles. The molecule has 0 heteroatoms. The zero-order chi connectivity index (χ0) is 23.3. The van der Waals surface area contributed by atoms with Gasteiger partial charge in [0.25, 0.3) is 0 Å². The molecule has 0 aliphatic carbocycles. The summed E-state index contributed by atoms with van der Waals surface area (Å²) in [6.07, 6.45) is 17.4. The molecular weight excluding hydrogens is 408 g/mol. The van der Waals surface area contributed by atoms with E-state index in [1.165, 1.54) is 22.3 Å². The molecule has 0 radical (unpaired) electrons. The number of rotatable bonds is 8. The van der Waals surface area contributed by atoms with Crippen LogP contribution in [0.5, 0.6) is 0 Å². The minimum atomic E-state index is 1.13. The van der Waals surface area contributed by atoms with Crippen LogP contribution in [0.1, 0.15) is 22.3 Å². The lowest BCUT2D eigenvalue weighted by Crippen LogP contribution is -1.83. The summed E-state index contributed by atoms with van der Waals surface area (Å²) in [5.74, 6) is 0. The lowest BCUT2D eigenvalue weighted by molar-refractivity contribution is 1.56. The highest BCUT2D eigenvalue weighted by Gasteiger charge is 1.98. The Morgan fingerprint density at radius 2 is 0.500 bits per heavy atom. The van der Waals surface area contributed by atoms with Crippen molar-refractivity contribution < 1.29 is 0 Å². The molecule has 0 atom stereocenters. The van der Waals surface area contributed by atoms with E-state index in [0.29, 0.717) is 0 Å². The molecule has 0 nitrogen and oxygen atoms in total. The van der Waals surface area contributed by atoms with Gasteiger partial charge in [-0.1, -0.05) is 170 Å². The molecule has 4 rings (SSSR count).